The van der Waals surface area contributed by atoms with Crippen LogP contribution in [0.25, 0.3) is 0 Å². The maximum atomic E-state index is 13.6. The van der Waals surface area contributed by atoms with Gasteiger partial charge in [0.15, 0.2) is 11.6 Å². The molecule has 7 nitrogen and oxygen atoms in total. The second-order valence-corrected chi connectivity index (χ2v) is 12.0. The number of non-ortho nitro benzene ring substituents is 1. The molecule has 1 N–H and O–H groups in total. The number of rotatable bonds is 5. The molecular formula is C30H32N2O5. The first-order valence-corrected chi connectivity index (χ1v) is 12.7. The summed E-state index contributed by atoms with van der Waals surface area (Å²) >= 11 is 0. The number of hydrogen-bond donors (Lipinski definition) is 1. The van der Waals surface area contributed by atoms with Crippen LogP contribution in [-0.4, -0.2) is 16.5 Å². The van der Waals surface area contributed by atoms with Crippen molar-refractivity contribution in [3.63, 3.8) is 0 Å². The molecule has 0 radical (unpaired) electrons. The van der Waals surface area contributed by atoms with Crippen molar-refractivity contribution in [1.82, 2.24) is 5.32 Å². The average Bonchev–Trinajstić information content (AvgIpc) is 2.80. The summed E-state index contributed by atoms with van der Waals surface area (Å²) in [6.45, 7) is 8.52. The van der Waals surface area contributed by atoms with Crippen LogP contribution in [0.2, 0.25) is 0 Å². The van der Waals surface area contributed by atoms with Crippen molar-refractivity contribution in [3.05, 3.63) is 92.3 Å². The molecule has 37 heavy (non-hydrogen) atoms. The molecule has 1 heterocycles. The number of Topliss-reactive ketones (excluding diaryl/α,β-unsaturated/α-hetero) is 2. The second kappa shape index (κ2) is 8.98. The zero-order valence-corrected chi connectivity index (χ0v) is 21.7. The van der Waals surface area contributed by atoms with E-state index in [1.54, 1.807) is 12.1 Å². The Labute approximate surface area is 216 Å². The third-order valence-corrected chi connectivity index (χ3v) is 7.46. The van der Waals surface area contributed by atoms with Crippen molar-refractivity contribution < 1.29 is 19.2 Å². The van der Waals surface area contributed by atoms with Crippen molar-refractivity contribution in [2.24, 2.45) is 10.8 Å². The predicted molar refractivity (Wildman–Crippen MR) is 140 cm³/mol. The molecule has 192 valence electrons. The molecule has 5 rings (SSSR count). The van der Waals surface area contributed by atoms with E-state index in [1.165, 1.54) is 12.1 Å². The SMILES string of the molecule is CC1(C)CC(=O)C2=C(C1)NC1=C(C(=O)CC(C)(C)C1)C2c1ccccc1OCc1cccc([N+](=O)[O-])c1. The number of allylic oxidation sites excluding steroid dienone is 4. The number of para-hydroxylation sites is 1. The Morgan fingerprint density at radius 1 is 0.892 bits per heavy atom. The molecule has 0 bridgehead atoms. The molecule has 2 aromatic carbocycles. The highest BCUT2D eigenvalue weighted by Crippen LogP contribution is 2.52. The fourth-order valence-corrected chi connectivity index (χ4v) is 5.97. The van der Waals surface area contributed by atoms with Crippen LogP contribution in [-0.2, 0) is 16.2 Å². The van der Waals surface area contributed by atoms with Gasteiger partial charge in [0.25, 0.3) is 5.69 Å². The Balaban J connectivity index is 1.58. The summed E-state index contributed by atoms with van der Waals surface area (Å²) in [6, 6.07) is 13.9. The molecule has 0 saturated heterocycles. The van der Waals surface area contributed by atoms with Crippen molar-refractivity contribution in [1.29, 1.82) is 0 Å². The lowest BCUT2D eigenvalue weighted by Crippen LogP contribution is -2.42. The summed E-state index contributed by atoms with van der Waals surface area (Å²) in [5.74, 6) is 0.178. The minimum absolute atomic E-state index is 0.00293. The van der Waals surface area contributed by atoms with Gasteiger partial charge < -0.3 is 10.1 Å². The number of nitrogens with zero attached hydrogens (tertiary/aromatic N) is 1. The fourth-order valence-electron chi connectivity index (χ4n) is 5.97. The highest BCUT2D eigenvalue weighted by molar-refractivity contribution is 6.07. The molecule has 0 unspecified atom stereocenters. The number of ketones is 2. The normalized spacial score (nSPS) is 20.8. The van der Waals surface area contributed by atoms with Crippen LogP contribution in [0.4, 0.5) is 5.69 Å². The molecular weight excluding hydrogens is 468 g/mol. The number of carbonyl (C=O) groups is 2. The van der Waals surface area contributed by atoms with Crippen LogP contribution in [0.3, 0.4) is 0 Å². The van der Waals surface area contributed by atoms with Crippen molar-refractivity contribution in [3.8, 4) is 5.75 Å². The number of nitro benzene ring substituents is 1. The molecule has 0 aromatic heterocycles. The molecule has 7 heteroatoms. The first kappa shape index (κ1) is 24.9. The maximum absolute atomic E-state index is 13.6. The second-order valence-electron chi connectivity index (χ2n) is 12.0. The van der Waals surface area contributed by atoms with Crippen molar-refractivity contribution >= 4 is 17.3 Å². The van der Waals surface area contributed by atoms with Crippen LogP contribution >= 0.6 is 0 Å². The van der Waals surface area contributed by atoms with Gasteiger partial charge in [0.2, 0.25) is 0 Å². The molecule has 0 saturated carbocycles. The standard InChI is InChI=1S/C30H32N2O5/c1-29(2)13-21-27(23(33)15-29)26(28-22(31-21)14-30(3,4)16-24(28)34)20-10-5-6-11-25(20)37-17-18-8-7-9-19(12-18)32(35)36/h5-12,26,31H,13-17H2,1-4H3. The molecule has 0 spiro atoms. The van der Waals surface area contributed by atoms with E-state index >= 15 is 0 Å². The number of carbonyl (C=O) groups excluding carboxylic acids is 2. The Hall–Kier alpha value is -3.74. The van der Waals surface area contributed by atoms with E-state index in [-0.39, 0.29) is 34.7 Å². The van der Waals surface area contributed by atoms with Gasteiger partial charge in [-0.2, -0.15) is 0 Å². The number of nitrogens with one attached hydrogen (secondary N) is 1. The van der Waals surface area contributed by atoms with Crippen LogP contribution in [0, 0.1) is 20.9 Å². The minimum atomic E-state index is -0.500. The highest BCUT2D eigenvalue weighted by atomic mass is 16.6. The van der Waals surface area contributed by atoms with Crippen LogP contribution in [0.5, 0.6) is 5.75 Å². The van der Waals surface area contributed by atoms with Crippen molar-refractivity contribution in [2.45, 2.75) is 65.9 Å². The lowest BCUT2D eigenvalue weighted by Gasteiger charge is -2.44. The van der Waals surface area contributed by atoms with Crippen molar-refractivity contribution in [2.75, 3.05) is 0 Å². The van der Waals surface area contributed by atoms with Gasteiger partial charge in [0.05, 0.1) is 4.92 Å². The minimum Gasteiger partial charge on any atom is -0.489 e. The van der Waals surface area contributed by atoms with Gasteiger partial charge >= 0.3 is 0 Å². The third kappa shape index (κ3) is 4.82. The van der Waals surface area contributed by atoms with E-state index in [0.717, 1.165) is 29.8 Å². The van der Waals surface area contributed by atoms with Gasteiger partial charge in [-0.05, 0) is 35.3 Å². The van der Waals surface area contributed by atoms with E-state index in [1.807, 2.05) is 24.3 Å². The van der Waals surface area contributed by atoms with E-state index < -0.39 is 10.8 Å². The molecule has 2 aliphatic carbocycles. The summed E-state index contributed by atoms with van der Waals surface area (Å²) in [7, 11) is 0. The lowest BCUT2D eigenvalue weighted by molar-refractivity contribution is -0.384. The first-order valence-electron chi connectivity index (χ1n) is 12.7. The zero-order valence-electron chi connectivity index (χ0n) is 21.7. The average molecular weight is 501 g/mol. The van der Waals surface area contributed by atoms with Gasteiger partial charge in [0.1, 0.15) is 12.4 Å². The Bertz CT molecular complexity index is 1330. The largest absolute Gasteiger partial charge is 0.489 e. The van der Waals surface area contributed by atoms with E-state index in [0.29, 0.717) is 35.3 Å². The molecule has 2 aromatic rings. The summed E-state index contributed by atoms with van der Waals surface area (Å²) in [4.78, 5) is 37.9. The van der Waals surface area contributed by atoms with Crippen LogP contribution in [0.1, 0.15) is 70.4 Å². The molecule has 0 atom stereocenters. The topological polar surface area (TPSA) is 98.5 Å². The van der Waals surface area contributed by atoms with Crippen LogP contribution in [0.15, 0.2) is 71.1 Å². The zero-order chi connectivity index (χ0) is 26.5. The molecule has 1 aliphatic heterocycles. The fraction of sp³-hybridized carbons (Fsp3) is 0.400. The predicted octanol–water partition coefficient (Wildman–Crippen LogP) is 6.15. The van der Waals surface area contributed by atoms with E-state index in [4.69, 9.17) is 4.74 Å². The van der Waals surface area contributed by atoms with Gasteiger partial charge in [-0.25, -0.2) is 0 Å². The van der Waals surface area contributed by atoms with E-state index in [9.17, 15) is 19.7 Å². The highest BCUT2D eigenvalue weighted by Gasteiger charge is 2.47. The third-order valence-electron chi connectivity index (χ3n) is 7.46. The lowest BCUT2D eigenvalue weighted by atomic mass is 9.64. The van der Waals surface area contributed by atoms with Crippen LogP contribution < -0.4 is 10.1 Å². The number of nitro groups is 1. The summed E-state index contributed by atoms with van der Waals surface area (Å²) in [5.41, 5.74) is 4.25. The monoisotopic (exact) mass is 500 g/mol. The molecule has 3 aliphatic rings. The number of dihydropyridines is 1. The van der Waals surface area contributed by atoms with Gasteiger partial charge in [0, 0.05) is 59.0 Å². The Morgan fingerprint density at radius 3 is 2.08 bits per heavy atom. The smallest absolute Gasteiger partial charge is 0.269 e. The molecule has 0 amide bonds. The Kier molecular flexibility index (Phi) is 6.05. The maximum Gasteiger partial charge on any atom is 0.269 e. The number of ether oxygens (including phenoxy) is 1. The number of hydrogen-bond acceptors (Lipinski definition) is 6. The number of benzene rings is 2. The Morgan fingerprint density at radius 2 is 1.49 bits per heavy atom. The van der Waals surface area contributed by atoms with Gasteiger partial charge in [-0.3, -0.25) is 19.7 Å². The summed E-state index contributed by atoms with van der Waals surface area (Å²) in [6.07, 6.45) is 2.30. The first-order chi connectivity index (χ1) is 17.4. The van der Waals surface area contributed by atoms with Gasteiger partial charge in [-0.15, -0.1) is 0 Å². The molecule has 0 fully saturated rings. The quantitative estimate of drug-likeness (QED) is 0.391. The van der Waals surface area contributed by atoms with Gasteiger partial charge in [-0.1, -0.05) is 58.0 Å². The van der Waals surface area contributed by atoms with E-state index in [2.05, 4.69) is 33.0 Å². The summed E-state index contributed by atoms with van der Waals surface area (Å²) < 4.78 is 6.21. The summed E-state index contributed by atoms with van der Waals surface area (Å²) in [5, 5.41) is 14.7.